The van der Waals surface area contributed by atoms with Crippen LogP contribution < -0.4 is 10.6 Å². The Balaban J connectivity index is 1.77. The topological polar surface area (TPSA) is 50.4 Å². The Labute approximate surface area is 131 Å². The third-order valence-corrected chi connectivity index (χ3v) is 3.65. The smallest absolute Gasteiger partial charge is 0.407 e. The zero-order chi connectivity index (χ0) is 15.6. The van der Waals surface area contributed by atoms with Crippen molar-refractivity contribution in [1.29, 1.82) is 0 Å². The van der Waals surface area contributed by atoms with Gasteiger partial charge in [0.15, 0.2) is 0 Å². The standard InChI is InChI=1S/C16H23ClN2O2/c1-10-5-6-11(17)7-14(10)18-12-8-13(9-12)19-15(20)21-16(2,3)4/h5-7,12-13,18H,8-9H2,1-4H3,(H,19,20). The lowest BCUT2D eigenvalue weighted by Crippen LogP contribution is -2.50. The van der Waals surface area contributed by atoms with E-state index in [2.05, 4.69) is 10.6 Å². The van der Waals surface area contributed by atoms with Gasteiger partial charge in [0.1, 0.15) is 5.60 Å². The first kappa shape index (κ1) is 16.0. The molecule has 2 N–H and O–H groups in total. The van der Waals surface area contributed by atoms with E-state index in [1.165, 1.54) is 5.56 Å². The highest BCUT2D eigenvalue weighted by molar-refractivity contribution is 6.30. The lowest BCUT2D eigenvalue weighted by atomic mass is 9.86. The summed E-state index contributed by atoms with van der Waals surface area (Å²) < 4.78 is 5.24. The van der Waals surface area contributed by atoms with Crippen molar-refractivity contribution in [3.8, 4) is 0 Å². The van der Waals surface area contributed by atoms with Gasteiger partial charge in [-0.1, -0.05) is 17.7 Å². The summed E-state index contributed by atoms with van der Waals surface area (Å²) in [5, 5.41) is 7.08. The fourth-order valence-electron chi connectivity index (χ4n) is 2.30. The van der Waals surface area contributed by atoms with Crippen molar-refractivity contribution in [2.24, 2.45) is 0 Å². The van der Waals surface area contributed by atoms with Crippen LogP contribution in [0.3, 0.4) is 0 Å². The van der Waals surface area contributed by atoms with Gasteiger partial charge in [-0.05, 0) is 58.2 Å². The molecule has 0 radical (unpaired) electrons. The van der Waals surface area contributed by atoms with Crippen molar-refractivity contribution in [2.45, 2.75) is 58.2 Å². The molecule has 1 amide bonds. The summed E-state index contributed by atoms with van der Waals surface area (Å²) >= 11 is 6.01. The van der Waals surface area contributed by atoms with E-state index in [-0.39, 0.29) is 12.1 Å². The fraction of sp³-hybridized carbons (Fsp3) is 0.562. The molecular formula is C16H23ClN2O2. The molecule has 0 bridgehead atoms. The second kappa shape index (κ2) is 6.14. The van der Waals surface area contributed by atoms with E-state index in [4.69, 9.17) is 16.3 Å². The number of nitrogens with one attached hydrogen (secondary N) is 2. The van der Waals surface area contributed by atoms with Gasteiger partial charge in [-0.25, -0.2) is 4.79 Å². The number of aryl methyl sites for hydroxylation is 1. The van der Waals surface area contributed by atoms with Gasteiger partial charge in [0.05, 0.1) is 0 Å². The Morgan fingerprint density at radius 1 is 1.29 bits per heavy atom. The molecule has 0 aliphatic heterocycles. The van der Waals surface area contributed by atoms with E-state index < -0.39 is 5.60 Å². The van der Waals surface area contributed by atoms with Crippen LogP contribution in [0.5, 0.6) is 0 Å². The maximum absolute atomic E-state index is 11.7. The van der Waals surface area contributed by atoms with Crippen LogP contribution in [0.25, 0.3) is 0 Å². The second-order valence-electron chi connectivity index (χ2n) is 6.62. The van der Waals surface area contributed by atoms with Crippen molar-refractivity contribution in [2.75, 3.05) is 5.32 Å². The van der Waals surface area contributed by atoms with Gasteiger partial charge in [-0.3, -0.25) is 0 Å². The number of amides is 1. The van der Waals surface area contributed by atoms with Crippen LogP contribution in [0.2, 0.25) is 5.02 Å². The largest absolute Gasteiger partial charge is 0.444 e. The highest BCUT2D eigenvalue weighted by Crippen LogP contribution is 2.28. The number of ether oxygens (including phenoxy) is 1. The Bertz CT molecular complexity index is 519. The van der Waals surface area contributed by atoms with Crippen molar-refractivity contribution in [1.82, 2.24) is 5.32 Å². The average Bonchev–Trinajstić information content (AvgIpc) is 2.28. The lowest BCUT2D eigenvalue weighted by molar-refractivity contribution is 0.0475. The summed E-state index contributed by atoms with van der Waals surface area (Å²) in [6.45, 7) is 7.63. The highest BCUT2D eigenvalue weighted by Gasteiger charge is 2.31. The third kappa shape index (κ3) is 4.81. The maximum atomic E-state index is 11.7. The first-order valence-corrected chi connectivity index (χ1v) is 7.63. The third-order valence-electron chi connectivity index (χ3n) is 3.42. The SMILES string of the molecule is Cc1ccc(Cl)cc1NC1CC(NC(=O)OC(C)(C)C)C1. The highest BCUT2D eigenvalue weighted by atomic mass is 35.5. The molecule has 116 valence electrons. The monoisotopic (exact) mass is 310 g/mol. The number of rotatable bonds is 3. The number of hydrogen-bond acceptors (Lipinski definition) is 3. The molecule has 1 aromatic carbocycles. The summed E-state index contributed by atoms with van der Waals surface area (Å²) in [5.74, 6) is 0. The fourth-order valence-corrected chi connectivity index (χ4v) is 2.47. The van der Waals surface area contributed by atoms with Gasteiger partial charge in [0.2, 0.25) is 0 Å². The van der Waals surface area contributed by atoms with Gasteiger partial charge in [0, 0.05) is 22.8 Å². The number of carbonyl (C=O) groups excluding carboxylic acids is 1. The zero-order valence-electron chi connectivity index (χ0n) is 13.0. The van der Waals surface area contributed by atoms with Crippen LogP contribution in [0.15, 0.2) is 18.2 Å². The van der Waals surface area contributed by atoms with E-state index in [1.54, 1.807) is 0 Å². The molecule has 1 aliphatic rings. The summed E-state index contributed by atoms with van der Waals surface area (Å²) in [6.07, 6.45) is 1.45. The number of benzene rings is 1. The first-order valence-electron chi connectivity index (χ1n) is 7.25. The summed E-state index contributed by atoms with van der Waals surface area (Å²) in [6, 6.07) is 6.36. The van der Waals surface area contributed by atoms with E-state index in [0.717, 1.165) is 23.6 Å². The number of anilines is 1. The van der Waals surface area contributed by atoms with Crippen molar-refractivity contribution >= 4 is 23.4 Å². The van der Waals surface area contributed by atoms with Gasteiger partial charge >= 0.3 is 6.09 Å². The number of alkyl carbamates (subject to hydrolysis) is 1. The predicted molar refractivity (Wildman–Crippen MR) is 86.0 cm³/mol. The molecule has 0 spiro atoms. The summed E-state index contributed by atoms with van der Waals surface area (Å²) in [4.78, 5) is 11.7. The molecule has 1 fully saturated rings. The Morgan fingerprint density at radius 2 is 1.95 bits per heavy atom. The van der Waals surface area contributed by atoms with Crippen LogP contribution in [0.4, 0.5) is 10.5 Å². The van der Waals surface area contributed by atoms with E-state index in [9.17, 15) is 4.79 Å². The van der Waals surface area contributed by atoms with Crippen molar-refractivity contribution in [3.63, 3.8) is 0 Å². The number of halogens is 1. The summed E-state index contributed by atoms with van der Waals surface area (Å²) in [5.41, 5.74) is 1.77. The van der Waals surface area contributed by atoms with Gasteiger partial charge < -0.3 is 15.4 Å². The maximum Gasteiger partial charge on any atom is 0.407 e. The normalized spacial score (nSPS) is 21.4. The molecule has 1 saturated carbocycles. The van der Waals surface area contributed by atoms with E-state index in [0.29, 0.717) is 6.04 Å². The minimum absolute atomic E-state index is 0.178. The van der Waals surface area contributed by atoms with Crippen LogP contribution in [-0.2, 0) is 4.74 Å². The van der Waals surface area contributed by atoms with Crippen LogP contribution in [0.1, 0.15) is 39.2 Å². The molecule has 5 heteroatoms. The van der Waals surface area contributed by atoms with Gasteiger partial charge in [0.25, 0.3) is 0 Å². The van der Waals surface area contributed by atoms with Gasteiger partial charge in [-0.2, -0.15) is 0 Å². The van der Waals surface area contributed by atoms with Crippen LogP contribution in [-0.4, -0.2) is 23.8 Å². The molecule has 0 heterocycles. The van der Waals surface area contributed by atoms with E-state index in [1.807, 2.05) is 45.9 Å². The molecule has 0 aromatic heterocycles. The molecule has 2 rings (SSSR count). The number of carbonyl (C=O) groups is 1. The predicted octanol–water partition coefficient (Wildman–Crippen LogP) is 4.12. The van der Waals surface area contributed by atoms with Crippen LogP contribution in [0, 0.1) is 6.92 Å². The molecular weight excluding hydrogens is 288 g/mol. The number of hydrogen-bond donors (Lipinski definition) is 2. The first-order chi connectivity index (χ1) is 9.73. The molecule has 0 atom stereocenters. The van der Waals surface area contributed by atoms with E-state index >= 15 is 0 Å². The van der Waals surface area contributed by atoms with Crippen LogP contribution >= 0.6 is 11.6 Å². The summed E-state index contributed by atoms with van der Waals surface area (Å²) in [7, 11) is 0. The Morgan fingerprint density at radius 3 is 2.57 bits per heavy atom. The molecule has 1 aliphatic carbocycles. The minimum Gasteiger partial charge on any atom is -0.444 e. The molecule has 0 unspecified atom stereocenters. The van der Waals surface area contributed by atoms with Gasteiger partial charge in [-0.15, -0.1) is 0 Å². The molecule has 4 nitrogen and oxygen atoms in total. The Hall–Kier alpha value is -1.42. The minimum atomic E-state index is -0.455. The average molecular weight is 311 g/mol. The Kier molecular flexibility index (Phi) is 4.67. The van der Waals surface area contributed by atoms with Crippen molar-refractivity contribution < 1.29 is 9.53 Å². The van der Waals surface area contributed by atoms with Crippen molar-refractivity contribution in [3.05, 3.63) is 28.8 Å². The molecule has 0 saturated heterocycles. The second-order valence-corrected chi connectivity index (χ2v) is 7.05. The zero-order valence-corrected chi connectivity index (χ0v) is 13.8. The lowest BCUT2D eigenvalue weighted by Gasteiger charge is -2.37. The molecule has 1 aromatic rings. The quantitative estimate of drug-likeness (QED) is 0.883. The molecule has 21 heavy (non-hydrogen) atoms.